The lowest BCUT2D eigenvalue weighted by Gasteiger charge is -2.30. The lowest BCUT2D eigenvalue weighted by atomic mass is 10.2. The molecular weight excluding hydrogens is 306 g/mol. The number of benzene rings is 1. The fourth-order valence-corrected chi connectivity index (χ4v) is 5.17. The highest BCUT2D eigenvalue weighted by atomic mass is 32.2. The molecule has 7 heteroatoms. The van der Waals surface area contributed by atoms with E-state index in [0.717, 1.165) is 12.8 Å². The normalized spacial score (nSPS) is 24.4. The van der Waals surface area contributed by atoms with E-state index in [-0.39, 0.29) is 28.3 Å². The zero-order chi connectivity index (χ0) is 15.9. The zero-order valence-electron chi connectivity index (χ0n) is 12.1. The molecular formula is C15H17NO5S. The minimum absolute atomic E-state index is 0.00249. The molecule has 2 unspecified atom stereocenters. The van der Waals surface area contributed by atoms with E-state index in [1.807, 2.05) is 12.2 Å². The number of methoxy groups -OCH3 is 1. The Morgan fingerprint density at radius 1 is 1.36 bits per heavy atom. The summed E-state index contributed by atoms with van der Waals surface area (Å²) >= 11 is 0. The van der Waals surface area contributed by atoms with Gasteiger partial charge in [0.25, 0.3) is 0 Å². The van der Waals surface area contributed by atoms with E-state index in [1.165, 1.54) is 29.6 Å². The van der Waals surface area contributed by atoms with Crippen LogP contribution in [0.1, 0.15) is 29.6 Å². The van der Waals surface area contributed by atoms with Crippen molar-refractivity contribution < 1.29 is 23.1 Å². The lowest BCUT2D eigenvalue weighted by Crippen LogP contribution is -2.42. The molecule has 3 rings (SSSR count). The molecule has 1 fully saturated rings. The molecule has 0 spiro atoms. The van der Waals surface area contributed by atoms with Gasteiger partial charge in [0.15, 0.2) is 0 Å². The van der Waals surface area contributed by atoms with Crippen molar-refractivity contribution >= 4 is 16.0 Å². The van der Waals surface area contributed by atoms with Crippen LogP contribution >= 0.6 is 0 Å². The molecule has 2 aliphatic heterocycles. The summed E-state index contributed by atoms with van der Waals surface area (Å²) in [6, 6.07) is 3.71. The van der Waals surface area contributed by atoms with Crippen molar-refractivity contribution in [2.24, 2.45) is 0 Å². The van der Waals surface area contributed by atoms with E-state index in [2.05, 4.69) is 0 Å². The summed E-state index contributed by atoms with van der Waals surface area (Å²) in [7, 11) is -2.38. The number of carbonyl (C=O) groups is 1. The fourth-order valence-electron chi connectivity index (χ4n) is 3.19. The summed E-state index contributed by atoms with van der Waals surface area (Å²) in [4.78, 5) is 11.0. The maximum Gasteiger partial charge on any atom is 0.335 e. The number of hydrogen-bond acceptors (Lipinski definition) is 4. The second kappa shape index (κ2) is 5.40. The van der Waals surface area contributed by atoms with Crippen LogP contribution in [0.2, 0.25) is 0 Å². The standard InChI is InChI=1S/C15H17NO5S/c1-21-13-9-10(15(17)18)5-8-14(13)22(19,20)16-11-3-2-4-12(16)7-6-11/h2-3,5,8-9,11-12H,4,6-7H2,1H3,(H,17,18). The van der Waals surface area contributed by atoms with Crippen molar-refractivity contribution in [3.63, 3.8) is 0 Å². The van der Waals surface area contributed by atoms with Crippen LogP contribution in [0.25, 0.3) is 0 Å². The summed E-state index contributed by atoms with van der Waals surface area (Å²) < 4.78 is 32.6. The van der Waals surface area contributed by atoms with Gasteiger partial charge in [-0.15, -0.1) is 0 Å². The minimum atomic E-state index is -3.72. The molecule has 2 aliphatic rings. The average Bonchev–Trinajstić information content (AvgIpc) is 2.77. The van der Waals surface area contributed by atoms with Gasteiger partial charge in [-0.1, -0.05) is 12.2 Å². The molecule has 1 aromatic rings. The number of carboxylic acid groups (broad SMARTS) is 1. The van der Waals surface area contributed by atoms with Gasteiger partial charge in [0.2, 0.25) is 10.0 Å². The van der Waals surface area contributed by atoms with Crippen LogP contribution in [0, 0.1) is 0 Å². The number of ether oxygens (including phenoxy) is 1. The van der Waals surface area contributed by atoms with E-state index < -0.39 is 16.0 Å². The molecule has 0 aromatic heterocycles. The molecule has 0 aliphatic carbocycles. The Morgan fingerprint density at radius 3 is 2.77 bits per heavy atom. The van der Waals surface area contributed by atoms with E-state index in [0.29, 0.717) is 6.42 Å². The van der Waals surface area contributed by atoms with Gasteiger partial charge in [0, 0.05) is 12.1 Å². The third-order valence-corrected chi connectivity index (χ3v) is 6.23. The van der Waals surface area contributed by atoms with E-state index in [9.17, 15) is 13.2 Å². The van der Waals surface area contributed by atoms with E-state index in [1.54, 1.807) is 0 Å². The van der Waals surface area contributed by atoms with Crippen molar-refractivity contribution in [1.29, 1.82) is 0 Å². The Bertz CT molecular complexity index is 740. The van der Waals surface area contributed by atoms with Crippen LogP contribution in [-0.2, 0) is 10.0 Å². The summed E-state index contributed by atoms with van der Waals surface area (Å²) in [6.07, 6.45) is 6.33. The minimum Gasteiger partial charge on any atom is -0.495 e. The first kappa shape index (κ1) is 15.1. The maximum absolute atomic E-state index is 13.0. The molecule has 1 saturated heterocycles. The van der Waals surface area contributed by atoms with Crippen molar-refractivity contribution in [2.75, 3.05) is 7.11 Å². The number of carboxylic acids is 1. The van der Waals surface area contributed by atoms with Gasteiger partial charge in [-0.3, -0.25) is 0 Å². The van der Waals surface area contributed by atoms with Crippen LogP contribution < -0.4 is 4.74 Å². The summed E-state index contributed by atoms with van der Waals surface area (Å²) in [6.45, 7) is 0. The molecule has 0 amide bonds. The number of hydrogen-bond donors (Lipinski definition) is 1. The number of rotatable bonds is 4. The van der Waals surface area contributed by atoms with E-state index in [4.69, 9.17) is 9.84 Å². The van der Waals surface area contributed by atoms with Gasteiger partial charge in [-0.25, -0.2) is 13.2 Å². The van der Waals surface area contributed by atoms with Crippen molar-refractivity contribution in [2.45, 2.75) is 36.2 Å². The smallest absolute Gasteiger partial charge is 0.335 e. The second-order valence-corrected chi connectivity index (χ2v) is 7.28. The molecule has 2 bridgehead atoms. The molecule has 118 valence electrons. The predicted molar refractivity (Wildman–Crippen MR) is 79.5 cm³/mol. The number of aromatic carboxylic acids is 1. The van der Waals surface area contributed by atoms with Crippen LogP contribution in [0.15, 0.2) is 35.2 Å². The third kappa shape index (κ3) is 2.30. The third-order valence-electron chi connectivity index (χ3n) is 4.21. The summed E-state index contributed by atoms with van der Waals surface area (Å²) in [5, 5.41) is 9.02. The first-order valence-corrected chi connectivity index (χ1v) is 8.50. The molecule has 1 aromatic carbocycles. The van der Waals surface area contributed by atoms with Crippen molar-refractivity contribution in [3.05, 3.63) is 35.9 Å². The first-order chi connectivity index (χ1) is 10.4. The molecule has 0 radical (unpaired) electrons. The van der Waals surface area contributed by atoms with Gasteiger partial charge in [-0.05, 0) is 37.5 Å². The van der Waals surface area contributed by atoms with Gasteiger partial charge >= 0.3 is 5.97 Å². The first-order valence-electron chi connectivity index (χ1n) is 7.06. The molecule has 2 atom stereocenters. The highest BCUT2D eigenvalue weighted by Gasteiger charge is 2.43. The van der Waals surface area contributed by atoms with Crippen molar-refractivity contribution in [3.8, 4) is 5.75 Å². The highest BCUT2D eigenvalue weighted by molar-refractivity contribution is 7.89. The lowest BCUT2D eigenvalue weighted by molar-refractivity contribution is 0.0696. The largest absolute Gasteiger partial charge is 0.495 e. The number of sulfonamides is 1. The SMILES string of the molecule is COc1cc(C(=O)O)ccc1S(=O)(=O)N1C2C=CCC1CC2. The zero-order valence-corrected chi connectivity index (χ0v) is 12.9. The molecule has 1 N–H and O–H groups in total. The Morgan fingerprint density at radius 2 is 2.14 bits per heavy atom. The Balaban J connectivity index is 2.06. The molecule has 22 heavy (non-hydrogen) atoms. The fraction of sp³-hybridized carbons (Fsp3) is 0.400. The van der Waals surface area contributed by atoms with Crippen molar-refractivity contribution in [1.82, 2.24) is 4.31 Å². The number of nitrogens with zero attached hydrogens (tertiary/aromatic N) is 1. The van der Waals surface area contributed by atoms with Crippen LogP contribution in [-0.4, -0.2) is 43.0 Å². The molecule has 6 nitrogen and oxygen atoms in total. The second-order valence-electron chi connectivity index (χ2n) is 5.47. The van der Waals surface area contributed by atoms with E-state index >= 15 is 0 Å². The van der Waals surface area contributed by atoms with Crippen LogP contribution in [0.5, 0.6) is 5.75 Å². The van der Waals surface area contributed by atoms with Gasteiger partial charge in [0.05, 0.1) is 12.7 Å². The Kier molecular flexibility index (Phi) is 3.70. The monoisotopic (exact) mass is 323 g/mol. The van der Waals surface area contributed by atoms with Gasteiger partial charge in [0.1, 0.15) is 10.6 Å². The summed E-state index contributed by atoms with van der Waals surface area (Å²) in [5.41, 5.74) is -0.00249. The predicted octanol–water partition coefficient (Wildman–Crippen LogP) is 1.88. The quantitative estimate of drug-likeness (QED) is 0.855. The maximum atomic E-state index is 13.0. The summed E-state index contributed by atoms with van der Waals surface area (Å²) in [5.74, 6) is -1.06. The van der Waals surface area contributed by atoms with Crippen LogP contribution in [0.3, 0.4) is 0 Å². The van der Waals surface area contributed by atoms with Gasteiger partial charge < -0.3 is 9.84 Å². The Hall–Kier alpha value is -1.86. The molecule has 0 saturated carbocycles. The topological polar surface area (TPSA) is 83.9 Å². The highest BCUT2D eigenvalue weighted by Crippen LogP contribution is 2.38. The Labute approximate surface area is 129 Å². The van der Waals surface area contributed by atoms with Crippen LogP contribution in [0.4, 0.5) is 0 Å². The number of fused-ring (bicyclic) bond motifs is 2. The average molecular weight is 323 g/mol. The van der Waals surface area contributed by atoms with Gasteiger partial charge in [-0.2, -0.15) is 4.31 Å². The molecule has 2 heterocycles.